The molecule has 1 amide bonds. The van der Waals surface area contributed by atoms with E-state index in [-0.39, 0.29) is 5.91 Å². The number of nitrogens with zero attached hydrogens (tertiary/aromatic N) is 1. The lowest BCUT2D eigenvalue weighted by atomic mass is 10.1. The van der Waals surface area contributed by atoms with Crippen LogP contribution in [0.2, 0.25) is 0 Å². The van der Waals surface area contributed by atoms with E-state index in [2.05, 4.69) is 0 Å². The zero-order valence-corrected chi connectivity index (χ0v) is 17.5. The molecule has 3 rings (SSSR count). The maximum absolute atomic E-state index is 13.1. The smallest absolute Gasteiger partial charge is 0.251 e. The number of aryl methyl sites for hydroxylation is 1. The first-order chi connectivity index (χ1) is 14.5. The number of carbonyl (C=O) groups excluding carboxylic acids is 1. The average molecular weight is 407 g/mol. The van der Waals surface area contributed by atoms with Gasteiger partial charge in [-0.25, -0.2) is 0 Å². The number of furan rings is 1. The second kappa shape index (κ2) is 9.69. The summed E-state index contributed by atoms with van der Waals surface area (Å²) in [5.74, 6) is 2.19. The number of benzene rings is 2. The molecule has 156 valence electrons. The number of methoxy groups -OCH3 is 3. The number of carbonyl (C=O) groups is 1. The Balaban J connectivity index is 1.91. The Morgan fingerprint density at radius 3 is 2.23 bits per heavy atom. The fraction of sp³-hybridized carbons (Fsp3) is 0.208. The van der Waals surface area contributed by atoms with Crippen molar-refractivity contribution >= 4 is 17.7 Å². The Bertz CT molecular complexity index is 1010. The molecule has 0 radical (unpaired) electrons. The van der Waals surface area contributed by atoms with Crippen LogP contribution in [-0.4, -0.2) is 27.2 Å². The van der Waals surface area contributed by atoms with Gasteiger partial charge in [0.05, 0.1) is 34.1 Å². The largest absolute Gasteiger partial charge is 0.496 e. The number of ether oxygens (including phenoxy) is 3. The maximum atomic E-state index is 13.1. The minimum atomic E-state index is -0.188. The number of amides is 1. The molecule has 0 aliphatic carbocycles. The number of hydrogen-bond donors (Lipinski definition) is 0. The highest BCUT2D eigenvalue weighted by atomic mass is 16.5. The van der Waals surface area contributed by atoms with Gasteiger partial charge in [0.15, 0.2) is 11.5 Å². The van der Waals surface area contributed by atoms with E-state index in [1.807, 2.05) is 37.3 Å². The molecule has 0 spiro atoms. The molecule has 0 saturated heterocycles. The van der Waals surface area contributed by atoms with Crippen molar-refractivity contribution in [1.29, 1.82) is 0 Å². The maximum Gasteiger partial charge on any atom is 0.251 e. The monoisotopic (exact) mass is 407 g/mol. The zero-order valence-electron chi connectivity index (χ0n) is 17.5. The van der Waals surface area contributed by atoms with Crippen LogP contribution < -0.4 is 19.1 Å². The van der Waals surface area contributed by atoms with Gasteiger partial charge in [-0.05, 0) is 43.3 Å². The Kier molecular flexibility index (Phi) is 6.80. The van der Waals surface area contributed by atoms with Crippen molar-refractivity contribution in [2.75, 3.05) is 26.2 Å². The molecule has 0 saturated carbocycles. The molecule has 0 fully saturated rings. The summed E-state index contributed by atoms with van der Waals surface area (Å²) < 4.78 is 21.6. The summed E-state index contributed by atoms with van der Waals surface area (Å²) in [5.41, 5.74) is 2.60. The van der Waals surface area contributed by atoms with Gasteiger partial charge in [-0.2, -0.15) is 0 Å². The lowest BCUT2D eigenvalue weighted by Crippen LogP contribution is -2.28. The summed E-state index contributed by atoms with van der Waals surface area (Å²) in [5, 5.41) is 0. The van der Waals surface area contributed by atoms with Crippen LogP contribution >= 0.6 is 0 Å². The highest BCUT2D eigenvalue weighted by Gasteiger charge is 2.16. The van der Waals surface area contributed by atoms with E-state index in [9.17, 15) is 4.79 Å². The van der Waals surface area contributed by atoms with Gasteiger partial charge >= 0.3 is 0 Å². The Morgan fingerprint density at radius 1 is 0.967 bits per heavy atom. The van der Waals surface area contributed by atoms with Gasteiger partial charge in [0.1, 0.15) is 11.5 Å². The first-order valence-electron chi connectivity index (χ1n) is 9.44. The predicted octanol–water partition coefficient (Wildman–Crippen LogP) is 4.86. The summed E-state index contributed by atoms with van der Waals surface area (Å²) in [4.78, 5) is 14.8. The molecule has 0 unspecified atom stereocenters. The van der Waals surface area contributed by atoms with Crippen LogP contribution in [-0.2, 0) is 11.3 Å². The minimum Gasteiger partial charge on any atom is -0.496 e. The van der Waals surface area contributed by atoms with Gasteiger partial charge in [0.2, 0.25) is 0 Å². The molecule has 1 aromatic heterocycles. The molecular weight excluding hydrogens is 382 g/mol. The van der Waals surface area contributed by atoms with Crippen molar-refractivity contribution in [2.24, 2.45) is 0 Å². The van der Waals surface area contributed by atoms with E-state index in [0.717, 1.165) is 11.3 Å². The Labute approximate surface area is 176 Å². The zero-order chi connectivity index (χ0) is 21.5. The highest BCUT2D eigenvalue weighted by Crippen LogP contribution is 2.35. The van der Waals surface area contributed by atoms with Gasteiger partial charge in [-0.3, -0.25) is 4.79 Å². The van der Waals surface area contributed by atoms with Crippen molar-refractivity contribution in [2.45, 2.75) is 13.5 Å². The number of hydrogen-bond acceptors (Lipinski definition) is 5. The SMILES string of the molecule is COc1cc(OC)c(OC)cc1/C=C/C(=O)N(Cc1ccco1)c1ccc(C)cc1. The molecule has 30 heavy (non-hydrogen) atoms. The summed E-state index contributed by atoms with van der Waals surface area (Å²) >= 11 is 0. The second-order valence-electron chi connectivity index (χ2n) is 6.62. The normalized spacial score (nSPS) is 10.8. The van der Waals surface area contributed by atoms with E-state index in [1.165, 1.54) is 6.08 Å². The van der Waals surface area contributed by atoms with Crippen LogP contribution in [0.25, 0.3) is 6.08 Å². The third-order valence-electron chi connectivity index (χ3n) is 4.65. The molecule has 2 aromatic carbocycles. The van der Waals surface area contributed by atoms with Crippen LogP contribution in [0.3, 0.4) is 0 Å². The quantitative estimate of drug-likeness (QED) is 0.499. The molecule has 0 atom stereocenters. The third kappa shape index (κ3) is 4.84. The molecule has 0 bridgehead atoms. The average Bonchev–Trinajstić information content (AvgIpc) is 3.29. The minimum absolute atomic E-state index is 0.188. The summed E-state index contributed by atoms with van der Waals surface area (Å²) in [7, 11) is 4.69. The van der Waals surface area contributed by atoms with Crippen LogP contribution in [0.1, 0.15) is 16.9 Å². The molecule has 0 aliphatic heterocycles. The van der Waals surface area contributed by atoms with Crippen LogP contribution in [0.5, 0.6) is 17.2 Å². The summed E-state index contributed by atoms with van der Waals surface area (Å²) in [6, 6.07) is 14.9. The molecule has 1 heterocycles. The number of anilines is 1. The topological polar surface area (TPSA) is 61.1 Å². The molecule has 0 N–H and O–H groups in total. The fourth-order valence-corrected chi connectivity index (χ4v) is 3.01. The van der Waals surface area contributed by atoms with E-state index < -0.39 is 0 Å². The fourth-order valence-electron chi connectivity index (χ4n) is 3.01. The lowest BCUT2D eigenvalue weighted by Gasteiger charge is -2.20. The molecule has 6 nitrogen and oxygen atoms in total. The third-order valence-corrected chi connectivity index (χ3v) is 4.65. The second-order valence-corrected chi connectivity index (χ2v) is 6.62. The van der Waals surface area contributed by atoms with Crippen LogP contribution in [0.4, 0.5) is 5.69 Å². The van der Waals surface area contributed by atoms with Crippen LogP contribution in [0, 0.1) is 6.92 Å². The van der Waals surface area contributed by atoms with Gasteiger partial charge in [0, 0.05) is 23.4 Å². The van der Waals surface area contributed by atoms with Crippen LogP contribution in [0.15, 0.2) is 65.3 Å². The van der Waals surface area contributed by atoms with E-state index in [0.29, 0.717) is 35.1 Å². The van der Waals surface area contributed by atoms with E-state index in [1.54, 1.807) is 56.8 Å². The molecule has 6 heteroatoms. The standard InChI is InChI=1S/C24H25NO5/c1-17-7-10-19(11-8-17)25(16-20-6-5-13-30-20)24(26)12-9-18-14-22(28-3)23(29-4)15-21(18)27-2/h5-15H,16H2,1-4H3/b12-9+. The van der Waals surface area contributed by atoms with E-state index in [4.69, 9.17) is 18.6 Å². The van der Waals surface area contributed by atoms with Crippen molar-refractivity contribution in [3.63, 3.8) is 0 Å². The number of rotatable bonds is 8. The van der Waals surface area contributed by atoms with Crippen molar-refractivity contribution in [1.82, 2.24) is 0 Å². The Morgan fingerprint density at radius 2 is 1.63 bits per heavy atom. The van der Waals surface area contributed by atoms with Crippen molar-refractivity contribution < 1.29 is 23.4 Å². The molecule has 0 aliphatic rings. The summed E-state index contributed by atoms with van der Waals surface area (Å²) in [6.07, 6.45) is 4.80. The van der Waals surface area contributed by atoms with Gasteiger partial charge < -0.3 is 23.5 Å². The highest BCUT2D eigenvalue weighted by molar-refractivity contribution is 6.04. The summed E-state index contributed by atoms with van der Waals surface area (Å²) in [6.45, 7) is 2.33. The molecule has 3 aromatic rings. The first-order valence-corrected chi connectivity index (χ1v) is 9.44. The first kappa shape index (κ1) is 21.0. The van der Waals surface area contributed by atoms with Crippen molar-refractivity contribution in [3.05, 3.63) is 77.8 Å². The van der Waals surface area contributed by atoms with Gasteiger partial charge in [-0.1, -0.05) is 17.7 Å². The Hall–Kier alpha value is -3.67. The lowest BCUT2D eigenvalue weighted by molar-refractivity contribution is -0.114. The van der Waals surface area contributed by atoms with Gasteiger partial charge in [0.25, 0.3) is 5.91 Å². The van der Waals surface area contributed by atoms with Gasteiger partial charge in [-0.15, -0.1) is 0 Å². The van der Waals surface area contributed by atoms with Crippen molar-refractivity contribution in [3.8, 4) is 17.2 Å². The van der Waals surface area contributed by atoms with E-state index >= 15 is 0 Å². The predicted molar refractivity (Wildman–Crippen MR) is 116 cm³/mol. The molecular formula is C24H25NO5.